The number of anilines is 1. The summed E-state index contributed by atoms with van der Waals surface area (Å²) in [6, 6.07) is 4.32. The van der Waals surface area contributed by atoms with E-state index in [-0.39, 0.29) is 39.6 Å². The molecule has 232 valence electrons. The number of alkyl halides is 3. The summed E-state index contributed by atoms with van der Waals surface area (Å²) >= 11 is 6.09. The van der Waals surface area contributed by atoms with Gasteiger partial charge in [-0.3, -0.25) is 14.4 Å². The van der Waals surface area contributed by atoms with Crippen LogP contribution in [0.2, 0.25) is 5.02 Å². The molecule has 3 fully saturated rings. The number of aliphatic carboxylic acids is 1. The highest BCUT2D eigenvalue weighted by atomic mass is 35.5. The molecule has 0 unspecified atom stereocenters. The fourth-order valence-corrected chi connectivity index (χ4v) is 6.86. The van der Waals surface area contributed by atoms with E-state index in [4.69, 9.17) is 21.1 Å². The molecule has 5 rings (SSSR count). The average molecular weight is 627 g/mol. The number of benzene rings is 2. The van der Waals surface area contributed by atoms with Gasteiger partial charge in [0.1, 0.15) is 5.75 Å². The normalized spacial score (nSPS) is 26.6. The lowest BCUT2D eigenvalue weighted by Gasteiger charge is -2.31. The van der Waals surface area contributed by atoms with Crippen molar-refractivity contribution in [3.8, 4) is 11.5 Å². The Morgan fingerprint density at radius 1 is 0.977 bits per heavy atom. The van der Waals surface area contributed by atoms with Crippen LogP contribution in [0.1, 0.15) is 60.9 Å². The highest BCUT2D eigenvalue weighted by Crippen LogP contribution is 2.49. The largest absolute Gasteiger partial charge is 0.496 e. The highest BCUT2D eigenvalue weighted by Gasteiger charge is 2.51. The molecular formula is C30H31ClF4N2O6. The monoisotopic (exact) mass is 626 g/mol. The summed E-state index contributed by atoms with van der Waals surface area (Å²) < 4.78 is 65.8. The van der Waals surface area contributed by atoms with Gasteiger partial charge in [0.25, 0.3) is 5.91 Å². The number of carboxylic acid groups (broad SMARTS) is 1. The molecule has 8 nitrogen and oxygen atoms in total. The molecule has 3 aliphatic rings. The van der Waals surface area contributed by atoms with Crippen molar-refractivity contribution in [3.63, 3.8) is 0 Å². The number of halogens is 5. The van der Waals surface area contributed by atoms with Crippen molar-refractivity contribution in [3.05, 3.63) is 52.3 Å². The number of hydrogen-bond acceptors (Lipinski definition) is 5. The molecule has 2 bridgehead atoms. The number of methoxy groups -OCH3 is 1. The molecule has 0 spiro atoms. The Morgan fingerprint density at radius 3 is 2.33 bits per heavy atom. The van der Waals surface area contributed by atoms with Crippen molar-refractivity contribution >= 4 is 35.1 Å². The zero-order valence-corrected chi connectivity index (χ0v) is 23.9. The molecule has 2 aromatic rings. The Labute approximate surface area is 250 Å². The van der Waals surface area contributed by atoms with Crippen LogP contribution in [0.4, 0.5) is 23.2 Å². The summed E-state index contributed by atoms with van der Waals surface area (Å²) in [5.74, 6) is -4.33. The highest BCUT2D eigenvalue weighted by molar-refractivity contribution is 6.33. The molecule has 2 amide bonds. The number of hydrogen-bond donors (Lipinski definition) is 3. The molecule has 2 aromatic carbocycles. The molecule has 3 aliphatic carbocycles. The van der Waals surface area contributed by atoms with Crippen molar-refractivity contribution < 1.29 is 46.5 Å². The predicted molar refractivity (Wildman–Crippen MR) is 148 cm³/mol. The molecule has 0 radical (unpaired) electrons. The Hall–Kier alpha value is -3.54. The van der Waals surface area contributed by atoms with Gasteiger partial charge in [0.15, 0.2) is 11.6 Å². The van der Waals surface area contributed by atoms with Crippen molar-refractivity contribution in [2.75, 3.05) is 12.4 Å². The number of nitrogens with one attached hydrogen (secondary N) is 2. The second-order valence-electron chi connectivity index (χ2n) is 11.5. The third-order valence-electron chi connectivity index (χ3n) is 8.88. The Bertz CT molecular complexity index is 1410. The molecular weight excluding hydrogens is 596 g/mol. The van der Waals surface area contributed by atoms with Gasteiger partial charge >= 0.3 is 12.1 Å². The molecule has 43 heavy (non-hydrogen) atoms. The lowest BCUT2D eigenvalue weighted by molar-refractivity contribution is -0.143. The van der Waals surface area contributed by atoms with Crippen LogP contribution in [0.3, 0.4) is 0 Å². The first-order valence-electron chi connectivity index (χ1n) is 14.1. The van der Waals surface area contributed by atoms with Crippen molar-refractivity contribution in [2.45, 2.75) is 63.3 Å². The maximum atomic E-state index is 14.9. The van der Waals surface area contributed by atoms with Crippen molar-refractivity contribution in [1.29, 1.82) is 0 Å². The van der Waals surface area contributed by atoms with E-state index in [2.05, 4.69) is 10.6 Å². The molecule has 4 atom stereocenters. The number of fused-ring (bicyclic) bond motifs is 2. The summed E-state index contributed by atoms with van der Waals surface area (Å²) in [7, 11) is 1.28. The average Bonchev–Trinajstić information content (AvgIpc) is 3.56. The standard InChI is InChI=1S/C30H31ClF4N2O6/c1-42-23-13-21(32)24(43-18-7-4-14(5-8-18)29(40)41)12-19(23)27(38)37-26-16-3-2-15(10-16)25(26)28(39)36-22-11-17(30(33,34)35)6-9-20(22)31/h6,9,11-16,18,25-26H,2-5,7-8,10H2,1H3,(H,36,39)(H,37,38)(H,40,41)/t14?,15-,16+,18?,25+,26-/m1/s1. The van der Waals surface area contributed by atoms with E-state index in [9.17, 15) is 37.1 Å². The lowest BCUT2D eigenvalue weighted by Crippen LogP contribution is -2.48. The lowest BCUT2D eigenvalue weighted by atomic mass is 9.83. The summed E-state index contributed by atoms with van der Waals surface area (Å²) in [6.45, 7) is 0. The number of amides is 2. The van der Waals surface area contributed by atoms with Crippen LogP contribution in [0.15, 0.2) is 30.3 Å². The first-order valence-corrected chi connectivity index (χ1v) is 14.5. The second kappa shape index (κ2) is 12.2. The first kappa shape index (κ1) is 30.9. The quantitative estimate of drug-likeness (QED) is 0.296. The van der Waals surface area contributed by atoms with Crippen LogP contribution in [0.5, 0.6) is 11.5 Å². The molecule has 0 aliphatic heterocycles. The van der Waals surface area contributed by atoms with E-state index in [1.807, 2.05) is 0 Å². The van der Waals surface area contributed by atoms with Crippen LogP contribution < -0.4 is 20.1 Å². The van der Waals surface area contributed by atoms with Gasteiger partial charge in [0.2, 0.25) is 5.91 Å². The number of ether oxygens (including phenoxy) is 2. The molecule has 0 aromatic heterocycles. The Morgan fingerprint density at radius 2 is 1.67 bits per heavy atom. The smallest absolute Gasteiger partial charge is 0.416 e. The van der Waals surface area contributed by atoms with Gasteiger partial charge in [-0.15, -0.1) is 0 Å². The molecule has 3 saturated carbocycles. The number of carbonyl (C=O) groups is 3. The minimum Gasteiger partial charge on any atom is -0.496 e. The van der Waals surface area contributed by atoms with Gasteiger partial charge in [0, 0.05) is 12.1 Å². The summed E-state index contributed by atoms with van der Waals surface area (Å²) in [5.41, 5.74) is -1.14. The molecule has 0 saturated heterocycles. The summed E-state index contributed by atoms with van der Waals surface area (Å²) in [6.07, 6.45) is -1.27. The van der Waals surface area contributed by atoms with E-state index in [0.717, 1.165) is 37.1 Å². The number of carboxylic acids is 1. The molecule has 0 heterocycles. The van der Waals surface area contributed by atoms with Crippen LogP contribution >= 0.6 is 11.6 Å². The number of rotatable bonds is 8. The minimum absolute atomic E-state index is 0.0130. The molecule has 13 heteroatoms. The summed E-state index contributed by atoms with van der Waals surface area (Å²) in [5, 5.41) is 14.6. The third-order valence-corrected chi connectivity index (χ3v) is 9.21. The van der Waals surface area contributed by atoms with E-state index >= 15 is 0 Å². The van der Waals surface area contributed by atoms with Gasteiger partial charge in [-0.1, -0.05) is 11.6 Å². The minimum atomic E-state index is -4.62. The fourth-order valence-electron chi connectivity index (χ4n) is 6.70. The Balaban J connectivity index is 1.33. The molecule has 3 N–H and O–H groups in total. The predicted octanol–water partition coefficient (Wildman–Crippen LogP) is 6.31. The van der Waals surface area contributed by atoms with Crippen LogP contribution in [-0.4, -0.2) is 42.1 Å². The van der Waals surface area contributed by atoms with Gasteiger partial charge in [0.05, 0.1) is 46.9 Å². The Kier molecular flexibility index (Phi) is 8.78. The van der Waals surface area contributed by atoms with Gasteiger partial charge in [-0.2, -0.15) is 13.2 Å². The SMILES string of the molecule is COc1cc(F)c(OC2CCC(C(=O)O)CC2)cc1C(=O)N[C@@H]1[C@H]2CC[C@H](C2)[C@@H]1C(=O)Nc1cc(C(F)(F)F)ccc1Cl. The maximum Gasteiger partial charge on any atom is 0.416 e. The topological polar surface area (TPSA) is 114 Å². The third kappa shape index (κ3) is 6.53. The zero-order chi connectivity index (χ0) is 31.1. The number of carbonyl (C=O) groups excluding carboxylic acids is 2. The maximum absolute atomic E-state index is 14.9. The first-order chi connectivity index (χ1) is 20.3. The van der Waals surface area contributed by atoms with Crippen LogP contribution in [-0.2, 0) is 15.8 Å². The van der Waals surface area contributed by atoms with E-state index in [1.54, 1.807) is 0 Å². The van der Waals surface area contributed by atoms with Crippen LogP contribution in [0, 0.1) is 29.5 Å². The van der Waals surface area contributed by atoms with E-state index < -0.39 is 59.3 Å². The summed E-state index contributed by atoms with van der Waals surface area (Å²) in [4.78, 5) is 38.2. The van der Waals surface area contributed by atoms with Gasteiger partial charge < -0.3 is 25.2 Å². The van der Waals surface area contributed by atoms with Crippen LogP contribution in [0.25, 0.3) is 0 Å². The van der Waals surface area contributed by atoms with Gasteiger partial charge in [-0.05, 0) is 81.0 Å². The zero-order valence-electron chi connectivity index (χ0n) is 23.2. The van der Waals surface area contributed by atoms with Gasteiger partial charge in [-0.25, -0.2) is 4.39 Å². The van der Waals surface area contributed by atoms with Crippen molar-refractivity contribution in [1.82, 2.24) is 5.32 Å². The van der Waals surface area contributed by atoms with Crippen molar-refractivity contribution in [2.24, 2.45) is 23.7 Å². The van der Waals surface area contributed by atoms with E-state index in [0.29, 0.717) is 32.1 Å². The van der Waals surface area contributed by atoms with E-state index in [1.165, 1.54) is 13.2 Å². The second-order valence-corrected chi connectivity index (χ2v) is 11.9. The fraction of sp³-hybridized carbons (Fsp3) is 0.500.